The van der Waals surface area contributed by atoms with Gasteiger partial charge in [-0.3, -0.25) is 0 Å². The Morgan fingerprint density at radius 2 is 2.14 bits per heavy atom. The Morgan fingerprint density at radius 1 is 1.36 bits per heavy atom. The minimum absolute atomic E-state index is 0. The lowest BCUT2D eigenvalue weighted by Crippen LogP contribution is -2.44. The average molecular weight is 437 g/mol. The number of hydrogen-bond donors (Lipinski definition) is 2. The normalized spacial score (nSPS) is 18.9. The molecule has 2 rings (SSSR count). The third-order valence-electron chi connectivity index (χ3n) is 3.89. The first-order valence-corrected chi connectivity index (χ1v) is 8.04. The molecule has 4 nitrogen and oxygen atoms in total. The third kappa shape index (κ3) is 5.93. The minimum Gasteiger partial charge on any atom is -0.357 e. The lowest BCUT2D eigenvalue weighted by molar-refractivity contribution is 0.309. The summed E-state index contributed by atoms with van der Waals surface area (Å²) < 4.78 is 0. The summed E-state index contributed by atoms with van der Waals surface area (Å²) in [4.78, 5) is 7.03. The second-order valence-electron chi connectivity index (χ2n) is 5.44. The maximum absolute atomic E-state index is 6.17. The van der Waals surface area contributed by atoms with Gasteiger partial charge in [0.15, 0.2) is 5.96 Å². The van der Waals surface area contributed by atoms with Gasteiger partial charge in [0.1, 0.15) is 0 Å². The molecule has 6 heteroatoms. The first-order valence-electron chi connectivity index (χ1n) is 7.66. The second-order valence-corrected chi connectivity index (χ2v) is 5.85. The van der Waals surface area contributed by atoms with E-state index in [0.717, 1.165) is 29.6 Å². The lowest BCUT2D eigenvalue weighted by atomic mass is 10.2. The van der Waals surface area contributed by atoms with Crippen LogP contribution in [0.2, 0.25) is 5.02 Å². The SMILES string of the molecule is CCNC(=NCc1ccccc1Cl)NCC1CCCN1C.I. The smallest absolute Gasteiger partial charge is 0.191 e. The molecule has 1 heterocycles. The van der Waals surface area contributed by atoms with Crippen molar-refractivity contribution in [3.05, 3.63) is 34.9 Å². The standard InChI is InChI=1S/C16H25ClN4.HI/c1-3-18-16(20-12-14-8-6-10-21(14)2)19-11-13-7-4-5-9-15(13)17;/h4-5,7,9,14H,3,6,8,10-12H2,1-2H3,(H2,18,19,20);1H. The van der Waals surface area contributed by atoms with Crippen LogP contribution in [0.5, 0.6) is 0 Å². The molecule has 1 saturated heterocycles. The largest absolute Gasteiger partial charge is 0.357 e. The fourth-order valence-corrected chi connectivity index (χ4v) is 2.78. The Bertz CT molecular complexity index is 481. The highest BCUT2D eigenvalue weighted by Gasteiger charge is 2.20. The monoisotopic (exact) mass is 436 g/mol. The van der Waals surface area contributed by atoms with E-state index in [-0.39, 0.29) is 24.0 Å². The number of likely N-dealkylation sites (N-methyl/N-ethyl adjacent to an activating group) is 1. The van der Waals surface area contributed by atoms with Crippen molar-refractivity contribution in [2.24, 2.45) is 4.99 Å². The Hall–Kier alpha value is -0.530. The summed E-state index contributed by atoms with van der Waals surface area (Å²) in [5.41, 5.74) is 1.05. The second kappa shape index (κ2) is 10.3. The predicted octanol–water partition coefficient (Wildman–Crippen LogP) is 3.11. The molecule has 0 radical (unpaired) electrons. The Balaban J connectivity index is 0.00000242. The minimum atomic E-state index is 0. The Labute approximate surface area is 155 Å². The van der Waals surface area contributed by atoms with Crippen LogP contribution >= 0.6 is 35.6 Å². The maximum Gasteiger partial charge on any atom is 0.191 e. The van der Waals surface area contributed by atoms with E-state index in [4.69, 9.17) is 11.6 Å². The van der Waals surface area contributed by atoms with E-state index in [1.807, 2.05) is 24.3 Å². The van der Waals surface area contributed by atoms with E-state index in [1.54, 1.807) is 0 Å². The summed E-state index contributed by atoms with van der Waals surface area (Å²) >= 11 is 6.17. The molecule has 1 aliphatic rings. The zero-order chi connectivity index (χ0) is 15.1. The topological polar surface area (TPSA) is 39.7 Å². The highest BCUT2D eigenvalue weighted by molar-refractivity contribution is 14.0. The number of aliphatic imine (C=N–C) groups is 1. The third-order valence-corrected chi connectivity index (χ3v) is 4.25. The van der Waals surface area contributed by atoms with Crippen LogP contribution < -0.4 is 10.6 Å². The molecule has 0 bridgehead atoms. The first kappa shape index (κ1) is 19.5. The molecule has 0 aromatic heterocycles. The van der Waals surface area contributed by atoms with Crippen molar-refractivity contribution in [2.75, 3.05) is 26.7 Å². The van der Waals surface area contributed by atoms with E-state index in [0.29, 0.717) is 12.6 Å². The first-order chi connectivity index (χ1) is 10.2. The van der Waals surface area contributed by atoms with Gasteiger partial charge in [-0.05, 0) is 45.0 Å². The molecule has 22 heavy (non-hydrogen) atoms. The van der Waals surface area contributed by atoms with Crippen molar-refractivity contribution in [1.82, 2.24) is 15.5 Å². The molecule has 1 fully saturated rings. The number of nitrogens with one attached hydrogen (secondary N) is 2. The van der Waals surface area contributed by atoms with Crippen molar-refractivity contribution in [3.8, 4) is 0 Å². The van der Waals surface area contributed by atoms with Crippen molar-refractivity contribution >= 4 is 41.5 Å². The van der Waals surface area contributed by atoms with Crippen LogP contribution in [0.15, 0.2) is 29.3 Å². The van der Waals surface area contributed by atoms with Gasteiger partial charge in [-0.1, -0.05) is 29.8 Å². The molecular weight excluding hydrogens is 411 g/mol. The fraction of sp³-hybridized carbons (Fsp3) is 0.562. The van der Waals surface area contributed by atoms with Gasteiger partial charge in [0.2, 0.25) is 0 Å². The molecule has 1 aromatic carbocycles. The molecule has 0 spiro atoms. The molecule has 0 aliphatic carbocycles. The fourth-order valence-electron chi connectivity index (χ4n) is 2.58. The number of hydrogen-bond acceptors (Lipinski definition) is 2. The van der Waals surface area contributed by atoms with Crippen LogP contribution in [0.4, 0.5) is 0 Å². The Kier molecular flexibility index (Phi) is 9.12. The highest BCUT2D eigenvalue weighted by Crippen LogP contribution is 2.16. The number of halogens is 2. The highest BCUT2D eigenvalue weighted by atomic mass is 127. The van der Waals surface area contributed by atoms with Crippen LogP contribution in [0.25, 0.3) is 0 Å². The average Bonchev–Trinajstić information content (AvgIpc) is 2.89. The molecule has 1 atom stereocenters. The summed E-state index contributed by atoms with van der Waals surface area (Å²) in [6.07, 6.45) is 2.55. The number of benzene rings is 1. The van der Waals surface area contributed by atoms with Crippen LogP contribution in [0.3, 0.4) is 0 Å². The summed E-state index contributed by atoms with van der Waals surface area (Å²) in [6, 6.07) is 8.45. The van der Waals surface area contributed by atoms with Gasteiger partial charge in [-0.25, -0.2) is 4.99 Å². The quantitative estimate of drug-likeness (QED) is 0.423. The van der Waals surface area contributed by atoms with E-state index in [9.17, 15) is 0 Å². The number of guanidine groups is 1. The summed E-state index contributed by atoms with van der Waals surface area (Å²) in [7, 11) is 2.19. The molecule has 1 aliphatic heterocycles. The van der Waals surface area contributed by atoms with Crippen molar-refractivity contribution in [3.63, 3.8) is 0 Å². The van der Waals surface area contributed by atoms with Crippen LogP contribution in [-0.2, 0) is 6.54 Å². The molecule has 0 amide bonds. The Morgan fingerprint density at radius 3 is 2.77 bits per heavy atom. The van der Waals surface area contributed by atoms with Crippen molar-refractivity contribution in [1.29, 1.82) is 0 Å². The summed E-state index contributed by atoms with van der Waals surface area (Å²) in [5, 5.41) is 7.50. The molecule has 1 aromatic rings. The number of rotatable bonds is 5. The van der Waals surface area contributed by atoms with Gasteiger partial charge in [-0.2, -0.15) is 0 Å². The lowest BCUT2D eigenvalue weighted by Gasteiger charge is -2.21. The van der Waals surface area contributed by atoms with Gasteiger partial charge in [0.25, 0.3) is 0 Å². The molecule has 1 unspecified atom stereocenters. The van der Waals surface area contributed by atoms with Crippen molar-refractivity contribution < 1.29 is 0 Å². The van der Waals surface area contributed by atoms with Gasteiger partial charge in [0, 0.05) is 24.2 Å². The van der Waals surface area contributed by atoms with Crippen LogP contribution in [0, 0.1) is 0 Å². The van der Waals surface area contributed by atoms with Gasteiger partial charge in [-0.15, -0.1) is 24.0 Å². The van der Waals surface area contributed by atoms with E-state index in [1.165, 1.54) is 19.4 Å². The van der Waals surface area contributed by atoms with E-state index >= 15 is 0 Å². The summed E-state index contributed by atoms with van der Waals surface area (Å²) in [6.45, 7) is 5.66. The summed E-state index contributed by atoms with van der Waals surface area (Å²) in [5.74, 6) is 0.859. The molecule has 0 saturated carbocycles. The van der Waals surface area contributed by atoms with Gasteiger partial charge >= 0.3 is 0 Å². The van der Waals surface area contributed by atoms with Gasteiger partial charge in [0.05, 0.1) is 6.54 Å². The zero-order valence-electron chi connectivity index (χ0n) is 13.3. The van der Waals surface area contributed by atoms with Crippen LogP contribution in [-0.4, -0.2) is 43.6 Å². The van der Waals surface area contributed by atoms with E-state index < -0.39 is 0 Å². The number of likely N-dealkylation sites (tertiary alicyclic amines) is 1. The maximum atomic E-state index is 6.17. The predicted molar refractivity (Wildman–Crippen MR) is 105 cm³/mol. The zero-order valence-corrected chi connectivity index (χ0v) is 16.4. The number of nitrogens with zero attached hydrogens (tertiary/aromatic N) is 2. The van der Waals surface area contributed by atoms with Gasteiger partial charge < -0.3 is 15.5 Å². The molecule has 124 valence electrons. The van der Waals surface area contributed by atoms with Crippen molar-refractivity contribution in [2.45, 2.75) is 32.4 Å². The molecular formula is C16H26ClIN4. The van der Waals surface area contributed by atoms with Crippen LogP contribution in [0.1, 0.15) is 25.3 Å². The van der Waals surface area contributed by atoms with E-state index in [2.05, 4.69) is 34.5 Å². The molecule has 2 N–H and O–H groups in total.